The molecule has 0 fully saturated rings. The number of aromatic nitrogens is 4. The second kappa shape index (κ2) is 7.02. The molecule has 0 spiro atoms. The summed E-state index contributed by atoms with van der Waals surface area (Å²) >= 11 is 0. The molecule has 1 aliphatic rings. The summed E-state index contributed by atoms with van der Waals surface area (Å²) in [6.07, 6.45) is 6.83. The molecule has 138 valence electrons. The normalized spacial score (nSPS) is 12.4. The van der Waals surface area contributed by atoms with Crippen LogP contribution < -0.4 is 10.6 Å². The molecule has 4 aromatic rings. The van der Waals surface area contributed by atoms with Crippen LogP contribution in [0.1, 0.15) is 16.7 Å². The average Bonchev–Trinajstić information content (AvgIpc) is 2.79. The van der Waals surface area contributed by atoms with E-state index in [1.54, 1.807) is 6.20 Å². The summed E-state index contributed by atoms with van der Waals surface area (Å²) in [7, 11) is 0. The predicted molar refractivity (Wildman–Crippen MR) is 112 cm³/mol. The van der Waals surface area contributed by atoms with Crippen molar-refractivity contribution in [2.45, 2.75) is 0 Å². The van der Waals surface area contributed by atoms with Gasteiger partial charge in [0.25, 0.3) is 0 Å². The Bertz CT molecular complexity index is 1300. The van der Waals surface area contributed by atoms with E-state index in [9.17, 15) is 5.26 Å². The quantitative estimate of drug-likeness (QED) is 0.556. The highest BCUT2D eigenvalue weighted by atomic mass is 15.0. The molecular formula is C22H15N7. The molecule has 2 aromatic heterocycles. The van der Waals surface area contributed by atoms with Gasteiger partial charge in [0.1, 0.15) is 24.3 Å². The first kappa shape index (κ1) is 16.8. The van der Waals surface area contributed by atoms with Gasteiger partial charge in [0, 0.05) is 34.9 Å². The number of rotatable bonds is 3. The topological polar surface area (TPSA) is 99.4 Å². The molecule has 0 saturated carbocycles. The Labute approximate surface area is 166 Å². The fraction of sp³-hybridized carbons (Fsp3) is 0.0455. The van der Waals surface area contributed by atoms with Gasteiger partial charge in [-0.2, -0.15) is 5.26 Å². The molecular weight excluding hydrogens is 362 g/mol. The van der Waals surface area contributed by atoms with Crippen LogP contribution in [0.3, 0.4) is 0 Å². The van der Waals surface area contributed by atoms with Gasteiger partial charge in [-0.15, -0.1) is 0 Å². The van der Waals surface area contributed by atoms with E-state index < -0.39 is 0 Å². The smallest absolute Gasteiger partial charge is 0.141 e. The number of anilines is 3. The maximum Gasteiger partial charge on any atom is 0.141 e. The summed E-state index contributed by atoms with van der Waals surface area (Å²) in [4.78, 5) is 17.1. The molecule has 2 N–H and O–H groups in total. The maximum atomic E-state index is 9.73. The summed E-state index contributed by atoms with van der Waals surface area (Å²) in [5.41, 5.74) is 4.94. The second-order valence-electron chi connectivity index (χ2n) is 6.55. The van der Waals surface area contributed by atoms with Crippen molar-refractivity contribution in [3.8, 4) is 6.07 Å². The van der Waals surface area contributed by atoms with Gasteiger partial charge in [0.15, 0.2) is 0 Å². The largest absolute Gasteiger partial charge is 0.365 e. The molecule has 0 amide bonds. The highest BCUT2D eigenvalue weighted by molar-refractivity contribution is 5.97. The van der Waals surface area contributed by atoms with Gasteiger partial charge >= 0.3 is 0 Å². The number of fused-ring (bicyclic) bond motifs is 2. The Hall–Kier alpha value is -4.31. The van der Waals surface area contributed by atoms with Crippen LogP contribution in [-0.4, -0.2) is 26.5 Å². The van der Waals surface area contributed by atoms with Crippen LogP contribution in [0.5, 0.6) is 0 Å². The van der Waals surface area contributed by atoms with Crippen molar-refractivity contribution in [3.63, 3.8) is 0 Å². The highest BCUT2D eigenvalue weighted by Gasteiger charge is 2.19. The van der Waals surface area contributed by atoms with Crippen LogP contribution in [0, 0.1) is 11.3 Å². The van der Waals surface area contributed by atoms with Crippen molar-refractivity contribution in [2.24, 2.45) is 0 Å². The zero-order valence-electron chi connectivity index (χ0n) is 15.3. The Morgan fingerprint density at radius 2 is 1.93 bits per heavy atom. The van der Waals surface area contributed by atoms with E-state index >= 15 is 0 Å². The molecule has 7 nitrogen and oxygen atoms in total. The molecule has 29 heavy (non-hydrogen) atoms. The average molecular weight is 377 g/mol. The molecule has 0 unspecified atom stereocenters. The fourth-order valence-corrected chi connectivity index (χ4v) is 3.50. The first-order valence-corrected chi connectivity index (χ1v) is 9.08. The Kier molecular flexibility index (Phi) is 4.07. The number of hydrogen-bond acceptors (Lipinski definition) is 7. The minimum atomic E-state index is 0.557. The minimum Gasteiger partial charge on any atom is -0.365 e. The van der Waals surface area contributed by atoms with Crippen LogP contribution in [0.2, 0.25) is 0 Å². The molecule has 7 heteroatoms. The predicted octanol–water partition coefficient (Wildman–Crippen LogP) is 4.00. The van der Waals surface area contributed by atoms with Crippen LogP contribution in [0.4, 0.5) is 17.3 Å². The van der Waals surface area contributed by atoms with Gasteiger partial charge in [-0.25, -0.2) is 19.9 Å². The van der Waals surface area contributed by atoms with Gasteiger partial charge in [-0.3, -0.25) is 0 Å². The number of nitrogens with zero attached hydrogens (tertiary/aromatic N) is 5. The lowest BCUT2D eigenvalue weighted by molar-refractivity contribution is 1.12. The maximum absolute atomic E-state index is 9.73. The zero-order chi connectivity index (χ0) is 19.6. The van der Waals surface area contributed by atoms with E-state index in [0.29, 0.717) is 17.9 Å². The van der Waals surface area contributed by atoms with Crippen molar-refractivity contribution in [1.82, 2.24) is 19.9 Å². The van der Waals surface area contributed by atoms with Gasteiger partial charge < -0.3 is 10.6 Å². The molecule has 0 aliphatic carbocycles. The van der Waals surface area contributed by atoms with E-state index in [4.69, 9.17) is 0 Å². The molecule has 3 heterocycles. The van der Waals surface area contributed by atoms with Crippen LogP contribution in [-0.2, 0) is 0 Å². The molecule has 0 radical (unpaired) electrons. The molecule has 2 aromatic carbocycles. The van der Waals surface area contributed by atoms with Crippen LogP contribution >= 0.6 is 0 Å². The SMILES string of the molecule is N#Cc1cccc(Nc2ncnc3ccccc23)c1C1=Cc2cncnc2NC1. The van der Waals surface area contributed by atoms with Gasteiger partial charge in [-0.05, 0) is 35.9 Å². The number of benzene rings is 2. The molecule has 1 aliphatic heterocycles. The second-order valence-corrected chi connectivity index (χ2v) is 6.55. The van der Waals surface area contributed by atoms with Crippen molar-refractivity contribution in [2.75, 3.05) is 17.2 Å². The Balaban J connectivity index is 1.64. The van der Waals surface area contributed by atoms with E-state index in [1.807, 2.05) is 48.5 Å². The lowest BCUT2D eigenvalue weighted by atomic mass is 9.94. The number of nitrogens with one attached hydrogen (secondary N) is 2. The van der Waals surface area contributed by atoms with Crippen LogP contribution in [0.15, 0.2) is 61.3 Å². The van der Waals surface area contributed by atoms with Crippen LogP contribution in [0.25, 0.3) is 22.6 Å². The van der Waals surface area contributed by atoms with Gasteiger partial charge in [0.2, 0.25) is 0 Å². The van der Waals surface area contributed by atoms with Gasteiger partial charge in [0.05, 0.1) is 17.1 Å². The molecule has 5 rings (SSSR count). The summed E-state index contributed by atoms with van der Waals surface area (Å²) in [6, 6.07) is 15.7. The lowest BCUT2D eigenvalue weighted by Crippen LogP contribution is -2.13. The van der Waals surface area contributed by atoms with E-state index in [0.717, 1.165) is 39.1 Å². The third-order valence-corrected chi connectivity index (χ3v) is 4.82. The van der Waals surface area contributed by atoms with E-state index in [2.05, 4.69) is 36.6 Å². The summed E-state index contributed by atoms with van der Waals surface area (Å²) in [6.45, 7) is 0.557. The van der Waals surface area contributed by atoms with Crippen molar-refractivity contribution in [3.05, 3.63) is 78.0 Å². The standard InChI is InChI=1S/C22H15N7/c23-9-14-4-3-7-19(29-22-17-5-1-2-6-18(17)26-13-28-22)20(14)15-8-16-10-24-12-27-21(16)25-11-15/h1-8,10,12-13H,11H2,(H,24,25,27)(H,26,28,29). The molecule has 0 atom stereocenters. The number of hydrogen-bond donors (Lipinski definition) is 2. The third-order valence-electron chi connectivity index (χ3n) is 4.82. The first-order chi connectivity index (χ1) is 14.3. The Morgan fingerprint density at radius 3 is 2.86 bits per heavy atom. The fourth-order valence-electron chi connectivity index (χ4n) is 3.50. The molecule has 0 bridgehead atoms. The molecule has 0 saturated heterocycles. The van der Waals surface area contributed by atoms with Crippen molar-refractivity contribution < 1.29 is 0 Å². The monoisotopic (exact) mass is 377 g/mol. The summed E-state index contributed by atoms with van der Waals surface area (Å²) in [5, 5.41) is 17.4. The van der Waals surface area contributed by atoms with Crippen molar-refractivity contribution in [1.29, 1.82) is 5.26 Å². The third kappa shape index (κ3) is 3.03. The van der Waals surface area contributed by atoms with Crippen molar-refractivity contribution >= 4 is 39.9 Å². The number of nitriles is 1. The summed E-state index contributed by atoms with van der Waals surface area (Å²) < 4.78 is 0. The highest BCUT2D eigenvalue weighted by Crippen LogP contribution is 2.35. The van der Waals surface area contributed by atoms with E-state index in [-0.39, 0.29) is 0 Å². The number of para-hydroxylation sites is 1. The summed E-state index contributed by atoms with van der Waals surface area (Å²) in [5.74, 6) is 1.48. The minimum absolute atomic E-state index is 0.557. The lowest BCUT2D eigenvalue weighted by Gasteiger charge is -2.21. The Morgan fingerprint density at radius 1 is 1.00 bits per heavy atom. The zero-order valence-corrected chi connectivity index (χ0v) is 15.3. The first-order valence-electron chi connectivity index (χ1n) is 9.08. The van der Waals surface area contributed by atoms with Gasteiger partial charge in [-0.1, -0.05) is 18.2 Å². The van der Waals surface area contributed by atoms with E-state index in [1.165, 1.54) is 12.7 Å².